The zero-order chi connectivity index (χ0) is 21.1. The lowest BCUT2D eigenvalue weighted by molar-refractivity contribution is -0.122. The maximum atomic E-state index is 13.4. The number of pyridine rings is 1. The third-order valence-electron chi connectivity index (χ3n) is 5.15. The summed E-state index contributed by atoms with van der Waals surface area (Å²) in [4.78, 5) is 13.1. The largest absolute Gasteiger partial charge is 0.493 e. The highest BCUT2D eigenvalue weighted by Gasteiger charge is 2.25. The van der Waals surface area contributed by atoms with Gasteiger partial charge in [-0.2, -0.15) is 0 Å². The van der Waals surface area contributed by atoms with Crippen molar-refractivity contribution in [2.24, 2.45) is 0 Å². The summed E-state index contributed by atoms with van der Waals surface area (Å²) in [7, 11) is -3.73. The highest BCUT2D eigenvalue weighted by molar-refractivity contribution is 7.90. The van der Waals surface area contributed by atoms with Crippen molar-refractivity contribution in [1.82, 2.24) is 14.3 Å². The SMILES string of the molecule is O=CO.O=S(=O)(c1ccc2c(c1)CCO2)n1cc(C2=CCNCC2)c2ncccc21. The Hall–Kier alpha value is -3.17. The molecule has 0 saturated carbocycles. The van der Waals surface area contributed by atoms with E-state index in [1.807, 2.05) is 6.07 Å². The first kappa shape index (κ1) is 20.1. The number of nitrogens with zero attached hydrogens (tertiary/aromatic N) is 2. The molecule has 8 nitrogen and oxygen atoms in total. The van der Waals surface area contributed by atoms with Crippen LogP contribution in [0.2, 0.25) is 0 Å². The van der Waals surface area contributed by atoms with Crippen LogP contribution in [0.1, 0.15) is 17.5 Å². The Bertz CT molecular complexity index is 1230. The Morgan fingerprint density at radius 1 is 1.23 bits per heavy atom. The molecule has 30 heavy (non-hydrogen) atoms. The summed E-state index contributed by atoms with van der Waals surface area (Å²) < 4.78 is 33.7. The molecule has 0 fully saturated rings. The van der Waals surface area contributed by atoms with Crippen LogP contribution < -0.4 is 10.1 Å². The van der Waals surface area contributed by atoms with E-state index in [1.54, 1.807) is 36.7 Å². The third-order valence-corrected chi connectivity index (χ3v) is 6.82. The van der Waals surface area contributed by atoms with E-state index in [1.165, 1.54) is 3.97 Å². The summed E-state index contributed by atoms with van der Waals surface area (Å²) in [5, 5.41) is 10.2. The van der Waals surface area contributed by atoms with Crippen LogP contribution >= 0.6 is 0 Å². The van der Waals surface area contributed by atoms with Gasteiger partial charge in [0, 0.05) is 30.9 Å². The number of carbonyl (C=O) groups is 1. The van der Waals surface area contributed by atoms with Gasteiger partial charge in [-0.05, 0) is 54.4 Å². The Kier molecular flexibility index (Phi) is 5.56. The van der Waals surface area contributed by atoms with Crippen LogP contribution in [-0.2, 0) is 21.2 Å². The molecule has 0 radical (unpaired) electrons. The number of carboxylic acid groups (broad SMARTS) is 1. The van der Waals surface area contributed by atoms with Gasteiger partial charge in [-0.15, -0.1) is 0 Å². The Morgan fingerprint density at radius 2 is 2.07 bits per heavy atom. The monoisotopic (exact) mass is 427 g/mol. The fourth-order valence-corrected chi connectivity index (χ4v) is 5.18. The maximum Gasteiger partial charge on any atom is 0.290 e. The van der Waals surface area contributed by atoms with Crippen molar-refractivity contribution in [1.29, 1.82) is 0 Å². The van der Waals surface area contributed by atoms with Gasteiger partial charge in [0.2, 0.25) is 0 Å². The number of nitrogens with one attached hydrogen (secondary N) is 1. The van der Waals surface area contributed by atoms with Crippen LogP contribution in [-0.4, -0.2) is 48.6 Å². The van der Waals surface area contributed by atoms with E-state index >= 15 is 0 Å². The molecule has 3 aromatic rings. The van der Waals surface area contributed by atoms with Gasteiger partial charge in [-0.25, -0.2) is 12.4 Å². The number of rotatable bonds is 3. The molecular weight excluding hydrogens is 406 g/mol. The van der Waals surface area contributed by atoms with Gasteiger partial charge >= 0.3 is 0 Å². The van der Waals surface area contributed by atoms with Gasteiger partial charge in [0.15, 0.2) is 0 Å². The average molecular weight is 427 g/mol. The highest BCUT2D eigenvalue weighted by atomic mass is 32.2. The van der Waals surface area contributed by atoms with Crippen LogP contribution in [0.25, 0.3) is 16.6 Å². The molecular formula is C21H21N3O5S. The fraction of sp³-hybridized carbons (Fsp3) is 0.238. The number of fused-ring (bicyclic) bond motifs is 2. The summed E-state index contributed by atoms with van der Waals surface area (Å²) in [6.45, 7) is 2.01. The Balaban J connectivity index is 0.000000687. The minimum absolute atomic E-state index is 0.250. The molecule has 2 aliphatic rings. The molecule has 2 aliphatic heterocycles. The van der Waals surface area contributed by atoms with Crippen molar-refractivity contribution in [3.8, 4) is 5.75 Å². The van der Waals surface area contributed by atoms with Gasteiger partial charge < -0.3 is 15.2 Å². The summed E-state index contributed by atoms with van der Waals surface area (Å²) in [6.07, 6.45) is 7.12. The van der Waals surface area contributed by atoms with Crippen LogP contribution in [0.3, 0.4) is 0 Å². The van der Waals surface area contributed by atoms with Gasteiger partial charge in [-0.3, -0.25) is 9.78 Å². The molecule has 0 atom stereocenters. The van der Waals surface area contributed by atoms with Crippen LogP contribution in [0.15, 0.2) is 53.7 Å². The molecule has 5 rings (SSSR count). The lowest BCUT2D eigenvalue weighted by Gasteiger charge is -2.12. The molecule has 9 heteroatoms. The summed E-state index contributed by atoms with van der Waals surface area (Å²) in [6, 6.07) is 8.66. The lowest BCUT2D eigenvalue weighted by atomic mass is 10.0. The van der Waals surface area contributed by atoms with Gasteiger partial charge in [-0.1, -0.05) is 6.08 Å². The Morgan fingerprint density at radius 3 is 2.83 bits per heavy atom. The molecule has 156 valence electrons. The summed E-state index contributed by atoms with van der Waals surface area (Å²) in [5.41, 5.74) is 4.28. The zero-order valence-electron chi connectivity index (χ0n) is 16.1. The molecule has 1 aromatic carbocycles. The summed E-state index contributed by atoms with van der Waals surface area (Å²) in [5.74, 6) is 0.772. The molecule has 0 amide bonds. The van der Waals surface area contributed by atoms with E-state index in [2.05, 4.69) is 16.4 Å². The Labute approximate surface area is 173 Å². The lowest BCUT2D eigenvalue weighted by Crippen LogP contribution is -2.20. The second-order valence-corrected chi connectivity index (χ2v) is 8.69. The minimum atomic E-state index is -3.73. The predicted octanol–water partition coefficient (Wildman–Crippen LogP) is 2.29. The van der Waals surface area contributed by atoms with Crippen LogP contribution in [0.5, 0.6) is 5.75 Å². The number of ether oxygens (including phenoxy) is 1. The summed E-state index contributed by atoms with van der Waals surface area (Å²) >= 11 is 0. The zero-order valence-corrected chi connectivity index (χ0v) is 16.9. The van der Waals surface area contributed by atoms with E-state index in [0.29, 0.717) is 12.1 Å². The average Bonchev–Trinajstić information content (AvgIpc) is 3.39. The van der Waals surface area contributed by atoms with Gasteiger partial charge in [0.05, 0.1) is 22.5 Å². The van der Waals surface area contributed by atoms with Crippen molar-refractivity contribution in [2.45, 2.75) is 17.7 Å². The number of hydrogen-bond acceptors (Lipinski definition) is 6. The quantitative estimate of drug-likeness (QED) is 0.617. The van der Waals surface area contributed by atoms with Crippen LogP contribution in [0, 0.1) is 0 Å². The molecule has 0 unspecified atom stereocenters. The van der Waals surface area contributed by atoms with E-state index in [4.69, 9.17) is 14.6 Å². The highest BCUT2D eigenvalue weighted by Crippen LogP contribution is 2.33. The first-order chi connectivity index (χ1) is 14.6. The second kappa shape index (κ2) is 8.29. The maximum absolute atomic E-state index is 13.4. The van der Waals surface area contributed by atoms with Crippen molar-refractivity contribution >= 4 is 33.1 Å². The minimum Gasteiger partial charge on any atom is -0.493 e. The number of aromatic nitrogens is 2. The smallest absolute Gasteiger partial charge is 0.290 e. The number of hydrogen-bond donors (Lipinski definition) is 2. The number of benzene rings is 1. The van der Waals surface area contributed by atoms with E-state index in [9.17, 15) is 8.42 Å². The van der Waals surface area contributed by atoms with Crippen molar-refractivity contribution < 1.29 is 23.1 Å². The first-order valence-electron chi connectivity index (χ1n) is 9.51. The normalized spacial score (nSPS) is 15.5. The van der Waals surface area contributed by atoms with Gasteiger partial charge in [0.25, 0.3) is 16.5 Å². The molecule has 0 saturated heterocycles. The molecule has 0 spiro atoms. The molecule has 2 aromatic heterocycles. The topological polar surface area (TPSA) is 111 Å². The third kappa shape index (κ3) is 3.57. The van der Waals surface area contributed by atoms with Crippen LogP contribution in [0.4, 0.5) is 0 Å². The standard InChI is InChI=1S/C20H19N3O3S.CH2O2/c24-27(25,16-3-4-19-15(12-16)7-11-26-19)23-13-17(14-5-9-21-10-6-14)20-18(23)2-1-8-22-20;2-1-3/h1-5,8,12-13,21H,6-7,9-11H2;1H,(H,2,3). The molecule has 0 aliphatic carbocycles. The second-order valence-electron chi connectivity index (χ2n) is 6.87. The molecule has 0 bridgehead atoms. The first-order valence-corrected chi connectivity index (χ1v) is 11.0. The molecule has 4 heterocycles. The predicted molar refractivity (Wildman–Crippen MR) is 112 cm³/mol. The van der Waals surface area contributed by atoms with Crippen molar-refractivity contribution in [2.75, 3.05) is 19.7 Å². The van der Waals surface area contributed by atoms with Crippen molar-refractivity contribution in [3.05, 3.63) is 59.9 Å². The molecule has 2 N–H and O–H groups in total. The van der Waals surface area contributed by atoms with E-state index < -0.39 is 10.0 Å². The van der Waals surface area contributed by atoms with E-state index in [-0.39, 0.29) is 11.4 Å². The van der Waals surface area contributed by atoms with Crippen molar-refractivity contribution in [3.63, 3.8) is 0 Å². The van der Waals surface area contributed by atoms with E-state index in [0.717, 1.165) is 53.9 Å². The van der Waals surface area contributed by atoms with Gasteiger partial charge in [0.1, 0.15) is 5.75 Å². The fourth-order valence-electron chi connectivity index (χ4n) is 3.77.